The SMILES string of the molecule is CCCC1C(=O)N(C(C(N)=O)C(C)c2cc3ccccc3[nH]2)CCN1C(=O)C(Cc1ccc(F)cc1)NC(C)=O. The molecule has 0 bridgehead atoms. The van der Waals surface area contributed by atoms with Crippen molar-refractivity contribution >= 4 is 34.5 Å². The number of nitrogens with one attached hydrogen (secondary N) is 2. The summed E-state index contributed by atoms with van der Waals surface area (Å²) in [6.07, 6.45) is 1.15. The summed E-state index contributed by atoms with van der Waals surface area (Å²) >= 11 is 0. The minimum atomic E-state index is -0.932. The number of nitrogens with zero attached hydrogens (tertiary/aromatic N) is 2. The van der Waals surface area contributed by atoms with Crippen LogP contribution in [0.15, 0.2) is 54.6 Å². The number of carbonyl (C=O) groups is 4. The first-order chi connectivity index (χ1) is 19.1. The monoisotopic (exact) mass is 549 g/mol. The maximum absolute atomic E-state index is 13.9. The van der Waals surface area contributed by atoms with E-state index in [1.807, 2.05) is 44.2 Å². The van der Waals surface area contributed by atoms with Crippen LogP contribution >= 0.6 is 0 Å². The zero-order chi connectivity index (χ0) is 29.0. The first-order valence-corrected chi connectivity index (χ1v) is 13.6. The Balaban J connectivity index is 1.59. The second-order valence-corrected chi connectivity index (χ2v) is 10.4. The third-order valence-electron chi connectivity index (χ3n) is 7.54. The Morgan fingerprint density at radius 1 is 1.12 bits per heavy atom. The Bertz CT molecular complexity index is 1360. The second kappa shape index (κ2) is 12.3. The molecular formula is C30H36FN5O4. The van der Waals surface area contributed by atoms with Crippen molar-refractivity contribution in [2.75, 3.05) is 13.1 Å². The molecule has 1 saturated heterocycles. The third kappa shape index (κ3) is 6.16. The number of benzene rings is 2. The van der Waals surface area contributed by atoms with Crippen LogP contribution in [0.25, 0.3) is 10.9 Å². The van der Waals surface area contributed by atoms with E-state index in [0.29, 0.717) is 18.4 Å². The average Bonchev–Trinajstić information content (AvgIpc) is 3.35. The van der Waals surface area contributed by atoms with E-state index >= 15 is 0 Å². The maximum atomic E-state index is 13.9. The Morgan fingerprint density at radius 3 is 2.45 bits per heavy atom. The number of primary amides is 1. The van der Waals surface area contributed by atoms with E-state index in [2.05, 4.69) is 10.3 Å². The van der Waals surface area contributed by atoms with Crippen molar-refractivity contribution in [2.45, 2.75) is 64.1 Å². The van der Waals surface area contributed by atoms with Gasteiger partial charge in [-0.05, 0) is 41.6 Å². The van der Waals surface area contributed by atoms with Crippen LogP contribution in [0.3, 0.4) is 0 Å². The van der Waals surface area contributed by atoms with E-state index in [-0.39, 0.29) is 25.4 Å². The van der Waals surface area contributed by atoms with Crippen molar-refractivity contribution in [1.82, 2.24) is 20.1 Å². The fourth-order valence-corrected chi connectivity index (χ4v) is 5.58. The molecule has 3 aromatic rings. The van der Waals surface area contributed by atoms with Crippen molar-refractivity contribution in [3.05, 3.63) is 71.7 Å². The molecule has 2 heterocycles. The Kier molecular flexibility index (Phi) is 8.86. The number of aromatic nitrogens is 1. The number of hydrogen-bond donors (Lipinski definition) is 3. The van der Waals surface area contributed by atoms with Gasteiger partial charge in [-0.25, -0.2) is 4.39 Å². The number of para-hydroxylation sites is 1. The minimum absolute atomic E-state index is 0.117. The molecule has 0 saturated carbocycles. The van der Waals surface area contributed by atoms with Gasteiger partial charge in [0.05, 0.1) is 0 Å². The van der Waals surface area contributed by atoms with Crippen LogP contribution in [-0.2, 0) is 25.6 Å². The molecule has 0 radical (unpaired) electrons. The Hall–Kier alpha value is -4.21. The van der Waals surface area contributed by atoms with E-state index in [4.69, 9.17) is 5.73 Å². The molecule has 1 aliphatic heterocycles. The van der Waals surface area contributed by atoms with Gasteiger partial charge < -0.3 is 25.8 Å². The van der Waals surface area contributed by atoms with Gasteiger partial charge in [0, 0.05) is 43.6 Å². The van der Waals surface area contributed by atoms with Gasteiger partial charge in [0.1, 0.15) is 23.9 Å². The molecule has 1 aromatic heterocycles. The fourth-order valence-electron chi connectivity index (χ4n) is 5.58. The van der Waals surface area contributed by atoms with Crippen molar-refractivity contribution < 1.29 is 23.6 Å². The van der Waals surface area contributed by atoms with E-state index in [1.54, 1.807) is 12.1 Å². The normalized spacial score (nSPS) is 17.9. The molecule has 4 N–H and O–H groups in total. The van der Waals surface area contributed by atoms with Gasteiger partial charge in [0.25, 0.3) is 0 Å². The molecule has 0 aliphatic carbocycles. The van der Waals surface area contributed by atoms with E-state index in [1.165, 1.54) is 28.9 Å². The van der Waals surface area contributed by atoms with Gasteiger partial charge in [-0.3, -0.25) is 19.2 Å². The summed E-state index contributed by atoms with van der Waals surface area (Å²) in [4.78, 5) is 58.8. The predicted octanol–water partition coefficient (Wildman–Crippen LogP) is 2.85. The van der Waals surface area contributed by atoms with Crippen LogP contribution in [0.5, 0.6) is 0 Å². The lowest BCUT2D eigenvalue weighted by atomic mass is 9.93. The van der Waals surface area contributed by atoms with Crippen LogP contribution in [0.2, 0.25) is 0 Å². The van der Waals surface area contributed by atoms with Gasteiger partial charge in [0.15, 0.2) is 0 Å². The number of piperazine rings is 1. The molecule has 4 amide bonds. The topological polar surface area (TPSA) is 129 Å². The maximum Gasteiger partial charge on any atom is 0.246 e. The van der Waals surface area contributed by atoms with Gasteiger partial charge in [0.2, 0.25) is 23.6 Å². The van der Waals surface area contributed by atoms with Crippen LogP contribution in [0.1, 0.15) is 50.8 Å². The summed E-state index contributed by atoms with van der Waals surface area (Å²) < 4.78 is 13.4. The third-order valence-corrected chi connectivity index (χ3v) is 7.54. The number of nitrogens with two attached hydrogens (primary N) is 1. The standard InChI is InChI=1S/C30H36FN5O4/c1-4-7-26-30(40)36(27(28(32)38)18(2)24-17-21-8-5-6-9-23(21)34-24)15-14-35(26)29(39)25(33-19(3)37)16-20-10-12-22(31)13-11-20/h5-6,8-13,17-18,25-27,34H,4,7,14-16H2,1-3H3,(H2,32,38)(H,33,37). The van der Waals surface area contributed by atoms with Crippen LogP contribution < -0.4 is 11.1 Å². The van der Waals surface area contributed by atoms with E-state index < -0.39 is 47.6 Å². The largest absolute Gasteiger partial charge is 0.368 e. The Morgan fingerprint density at radius 2 is 1.82 bits per heavy atom. The number of halogens is 1. The summed E-state index contributed by atoms with van der Waals surface area (Å²) in [5, 5.41) is 3.68. The molecular weight excluding hydrogens is 513 g/mol. The quantitative estimate of drug-likeness (QED) is 0.359. The highest BCUT2D eigenvalue weighted by Crippen LogP contribution is 2.29. The molecule has 4 atom stereocenters. The van der Waals surface area contributed by atoms with E-state index in [0.717, 1.165) is 16.6 Å². The number of rotatable bonds is 10. The van der Waals surface area contributed by atoms with Gasteiger partial charge in [-0.15, -0.1) is 0 Å². The minimum Gasteiger partial charge on any atom is -0.368 e. The van der Waals surface area contributed by atoms with Crippen LogP contribution in [0, 0.1) is 5.82 Å². The van der Waals surface area contributed by atoms with Crippen molar-refractivity contribution in [3.8, 4) is 0 Å². The molecule has 4 rings (SSSR count). The van der Waals surface area contributed by atoms with Crippen molar-refractivity contribution in [2.24, 2.45) is 5.73 Å². The lowest BCUT2D eigenvalue weighted by Crippen LogP contribution is -2.65. The van der Waals surface area contributed by atoms with Crippen LogP contribution in [0.4, 0.5) is 4.39 Å². The molecule has 0 spiro atoms. The number of fused-ring (bicyclic) bond motifs is 1. The molecule has 212 valence electrons. The van der Waals surface area contributed by atoms with Crippen molar-refractivity contribution in [1.29, 1.82) is 0 Å². The zero-order valence-corrected chi connectivity index (χ0v) is 23.0. The highest BCUT2D eigenvalue weighted by Gasteiger charge is 2.44. The summed E-state index contributed by atoms with van der Waals surface area (Å²) in [6.45, 7) is 5.39. The zero-order valence-electron chi connectivity index (χ0n) is 23.0. The smallest absolute Gasteiger partial charge is 0.246 e. The average molecular weight is 550 g/mol. The molecule has 1 aliphatic rings. The fraction of sp³-hybridized carbons (Fsp3) is 0.400. The molecule has 40 heavy (non-hydrogen) atoms. The summed E-state index contributed by atoms with van der Waals surface area (Å²) in [5.41, 5.74) is 8.25. The van der Waals surface area contributed by atoms with E-state index in [9.17, 15) is 23.6 Å². The number of carbonyl (C=O) groups excluding carboxylic acids is 4. The molecule has 2 aromatic carbocycles. The Labute approximate surface area is 232 Å². The molecule has 4 unspecified atom stereocenters. The first-order valence-electron chi connectivity index (χ1n) is 13.6. The number of aromatic amines is 1. The lowest BCUT2D eigenvalue weighted by Gasteiger charge is -2.45. The van der Waals surface area contributed by atoms with Gasteiger partial charge in [-0.2, -0.15) is 0 Å². The molecule has 9 nitrogen and oxygen atoms in total. The highest BCUT2D eigenvalue weighted by atomic mass is 19.1. The van der Waals surface area contributed by atoms with Gasteiger partial charge in [-0.1, -0.05) is 50.6 Å². The molecule has 1 fully saturated rings. The number of H-pyrrole nitrogens is 1. The highest BCUT2D eigenvalue weighted by molar-refractivity contribution is 5.95. The second-order valence-electron chi connectivity index (χ2n) is 10.4. The van der Waals surface area contributed by atoms with Crippen LogP contribution in [-0.4, -0.2) is 69.6 Å². The van der Waals surface area contributed by atoms with Crippen molar-refractivity contribution in [3.63, 3.8) is 0 Å². The number of amides is 4. The summed E-state index contributed by atoms with van der Waals surface area (Å²) in [6, 6.07) is 12.8. The predicted molar refractivity (Wildman–Crippen MR) is 150 cm³/mol. The summed E-state index contributed by atoms with van der Waals surface area (Å²) in [7, 11) is 0. The summed E-state index contributed by atoms with van der Waals surface area (Å²) in [5.74, 6) is -2.58. The molecule has 10 heteroatoms. The number of hydrogen-bond acceptors (Lipinski definition) is 4. The first kappa shape index (κ1) is 28.8. The lowest BCUT2D eigenvalue weighted by molar-refractivity contribution is -0.157. The van der Waals surface area contributed by atoms with Gasteiger partial charge >= 0.3 is 0 Å².